The van der Waals surface area contributed by atoms with Gasteiger partial charge in [-0.1, -0.05) is 48.0 Å². The number of benzene rings is 1. The molecule has 13 heavy (non-hydrogen) atoms. The monoisotopic (exact) mass is 238 g/mol. The Morgan fingerprint density at radius 1 is 1.31 bits per heavy atom. The summed E-state index contributed by atoms with van der Waals surface area (Å²) in [6.07, 6.45) is 3.57. The lowest BCUT2D eigenvalue weighted by Gasteiger charge is -2.04. The molecule has 70 valence electrons. The molecule has 0 aromatic heterocycles. The van der Waals surface area contributed by atoms with E-state index in [2.05, 4.69) is 53.7 Å². The largest absolute Gasteiger partial charge is 0.0952 e. The van der Waals surface area contributed by atoms with Crippen molar-refractivity contribution in [3.8, 4) is 0 Å². The molecule has 0 spiro atoms. The molecule has 0 saturated heterocycles. The Hall–Kier alpha value is -0.560. The Morgan fingerprint density at radius 2 is 1.92 bits per heavy atom. The second kappa shape index (κ2) is 5.23. The van der Waals surface area contributed by atoms with E-state index in [1.54, 1.807) is 0 Å². The number of unbranched alkanes of at least 4 members (excludes halogenated alkanes) is 1. The van der Waals surface area contributed by atoms with Gasteiger partial charge in [0.15, 0.2) is 0 Å². The van der Waals surface area contributed by atoms with Crippen LogP contribution in [0.4, 0.5) is 0 Å². The van der Waals surface area contributed by atoms with E-state index in [-0.39, 0.29) is 0 Å². The van der Waals surface area contributed by atoms with Crippen molar-refractivity contribution in [3.63, 3.8) is 0 Å². The molecule has 0 N–H and O–H groups in total. The highest BCUT2D eigenvalue weighted by molar-refractivity contribution is 9.10. The van der Waals surface area contributed by atoms with Gasteiger partial charge in [0.25, 0.3) is 0 Å². The predicted molar refractivity (Wildman–Crippen MR) is 62.7 cm³/mol. The normalized spacial score (nSPS) is 10.0. The summed E-state index contributed by atoms with van der Waals surface area (Å²) in [5, 5.41) is 0. The first kappa shape index (κ1) is 10.5. The van der Waals surface area contributed by atoms with Gasteiger partial charge in [0.1, 0.15) is 0 Å². The van der Waals surface area contributed by atoms with E-state index in [1.807, 2.05) is 0 Å². The minimum Gasteiger partial charge on any atom is -0.0952 e. The van der Waals surface area contributed by atoms with Crippen molar-refractivity contribution in [2.75, 3.05) is 0 Å². The Labute approximate surface area is 88.8 Å². The zero-order chi connectivity index (χ0) is 9.68. The lowest BCUT2D eigenvalue weighted by Crippen LogP contribution is -1.82. The summed E-state index contributed by atoms with van der Waals surface area (Å²) in [5.74, 6) is 0. The van der Waals surface area contributed by atoms with E-state index < -0.39 is 0 Å². The topological polar surface area (TPSA) is 0 Å². The molecule has 1 heteroatoms. The lowest BCUT2D eigenvalue weighted by molar-refractivity contribution is 0.825. The Bertz CT molecular complexity index is 272. The van der Waals surface area contributed by atoms with Crippen LogP contribution in [-0.4, -0.2) is 0 Å². The molecule has 0 fully saturated rings. The SMILES string of the molecule is C=C(CCCC)c1ccc(Br)cc1. The van der Waals surface area contributed by atoms with Crippen LogP contribution in [0.15, 0.2) is 35.3 Å². The van der Waals surface area contributed by atoms with Crippen molar-refractivity contribution in [2.24, 2.45) is 0 Å². The fourth-order valence-corrected chi connectivity index (χ4v) is 1.48. The maximum absolute atomic E-state index is 4.08. The second-order valence-electron chi connectivity index (χ2n) is 3.21. The fourth-order valence-electron chi connectivity index (χ4n) is 1.22. The Morgan fingerprint density at radius 3 is 2.46 bits per heavy atom. The first-order valence-electron chi connectivity index (χ1n) is 4.67. The Kier molecular flexibility index (Phi) is 4.23. The summed E-state index contributed by atoms with van der Waals surface area (Å²) in [7, 11) is 0. The molecule has 0 radical (unpaired) electrons. The molecule has 0 aliphatic carbocycles. The van der Waals surface area contributed by atoms with Crippen molar-refractivity contribution in [3.05, 3.63) is 40.9 Å². The number of hydrogen-bond acceptors (Lipinski definition) is 0. The molecule has 1 aromatic rings. The van der Waals surface area contributed by atoms with Crippen LogP contribution >= 0.6 is 15.9 Å². The molecule has 0 nitrogen and oxygen atoms in total. The Balaban J connectivity index is 2.61. The van der Waals surface area contributed by atoms with Crippen LogP contribution in [0.25, 0.3) is 5.57 Å². The molecule has 0 amide bonds. The third kappa shape index (κ3) is 3.35. The maximum Gasteiger partial charge on any atom is 0.0175 e. The van der Waals surface area contributed by atoms with E-state index >= 15 is 0 Å². The standard InChI is InChI=1S/C12H15Br/c1-3-4-5-10(2)11-6-8-12(13)9-7-11/h6-9H,2-5H2,1H3. The van der Waals surface area contributed by atoms with Crippen LogP contribution in [0.5, 0.6) is 0 Å². The number of halogens is 1. The predicted octanol–water partition coefficient (Wildman–Crippen LogP) is 4.65. The van der Waals surface area contributed by atoms with Crippen molar-refractivity contribution in [1.29, 1.82) is 0 Å². The highest BCUT2D eigenvalue weighted by atomic mass is 79.9. The molecule has 0 unspecified atom stereocenters. The average Bonchev–Trinajstić information content (AvgIpc) is 2.15. The number of allylic oxidation sites excluding steroid dienone is 1. The van der Waals surface area contributed by atoms with Gasteiger partial charge < -0.3 is 0 Å². The lowest BCUT2D eigenvalue weighted by atomic mass is 10.0. The van der Waals surface area contributed by atoms with Gasteiger partial charge in [-0.2, -0.15) is 0 Å². The fraction of sp³-hybridized carbons (Fsp3) is 0.333. The van der Waals surface area contributed by atoms with Gasteiger partial charge in [-0.3, -0.25) is 0 Å². The molecular weight excluding hydrogens is 224 g/mol. The van der Waals surface area contributed by atoms with E-state index in [9.17, 15) is 0 Å². The van der Waals surface area contributed by atoms with E-state index in [4.69, 9.17) is 0 Å². The van der Waals surface area contributed by atoms with Gasteiger partial charge in [-0.15, -0.1) is 0 Å². The molecule has 0 atom stereocenters. The van der Waals surface area contributed by atoms with Gasteiger partial charge in [0.05, 0.1) is 0 Å². The summed E-state index contributed by atoms with van der Waals surface area (Å²) in [6, 6.07) is 8.35. The molecule has 0 heterocycles. The third-order valence-corrected chi connectivity index (χ3v) is 2.61. The van der Waals surface area contributed by atoms with E-state index in [0.717, 1.165) is 10.9 Å². The molecule has 0 bridgehead atoms. The van der Waals surface area contributed by atoms with Crippen LogP contribution in [0.3, 0.4) is 0 Å². The van der Waals surface area contributed by atoms with Crippen LogP contribution < -0.4 is 0 Å². The second-order valence-corrected chi connectivity index (χ2v) is 4.13. The van der Waals surface area contributed by atoms with Crippen LogP contribution in [0.2, 0.25) is 0 Å². The summed E-state index contributed by atoms with van der Waals surface area (Å²) >= 11 is 3.42. The van der Waals surface area contributed by atoms with Crippen LogP contribution in [0.1, 0.15) is 31.7 Å². The summed E-state index contributed by atoms with van der Waals surface area (Å²) in [6.45, 7) is 6.28. The van der Waals surface area contributed by atoms with Gasteiger partial charge in [-0.25, -0.2) is 0 Å². The molecular formula is C12H15Br. The van der Waals surface area contributed by atoms with E-state index in [1.165, 1.54) is 24.0 Å². The molecule has 0 aliphatic rings. The number of hydrogen-bond donors (Lipinski definition) is 0. The molecule has 0 saturated carbocycles. The third-order valence-electron chi connectivity index (χ3n) is 2.08. The maximum atomic E-state index is 4.08. The molecule has 1 rings (SSSR count). The van der Waals surface area contributed by atoms with Crippen molar-refractivity contribution in [1.82, 2.24) is 0 Å². The van der Waals surface area contributed by atoms with Gasteiger partial charge in [-0.05, 0) is 36.1 Å². The summed E-state index contributed by atoms with van der Waals surface area (Å²) in [4.78, 5) is 0. The zero-order valence-electron chi connectivity index (χ0n) is 8.02. The van der Waals surface area contributed by atoms with Crippen LogP contribution in [-0.2, 0) is 0 Å². The zero-order valence-corrected chi connectivity index (χ0v) is 9.60. The smallest absolute Gasteiger partial charge is 0.0175 e. The minimum atomic E-state index is 1.11. The minimum absolute atomic E-state index is 1.11. The molecule has 1 aromatic carbocycles. The van der Waals surface area contributed by atoms with Crippen molar-refractivity contribution in [2.45, 2.75) is 26.2 Å². The highest BCUT2D eigenvalue weighted by Crippen LogP contribution is 2.20. The quantitative estimate of drug-likeness (QED) is 0.717. The van der Waals surface area contributed by atoms with Gasteiger partial charge in [0.2, 0.25) is 0 Å². The van der Waals surface area contributed by atoms with Crippen molar-refractivity contribution < 1.29 is 0 Å². The highest BCUT2D eigenvalue weighted by Gasteiger charge is 1.97. The van der Waals surface area contributed by atoms with E-state index in [0.29, 0.717) is 0 Å². The molecule has 0 aliphatic heterocycles. The van der Waals surface area contributed by atoms with Crippen LogP contribution in [0, 0.1) is 0 Å². The van der Waals surface area contributed by atoms with Crippen molar-refractivity contribution >= 4 is 21.5 Å². The van der Waals surface area contributed by atoms with Gasteiger partial charge >= 0.3 is 0 Å². The summed E-state index contributed by atoms with van der Waals surface area (Å²) < 4.78 is 1.12. The first-order chi connectivity index (χ1) is 6.24. The average molecular weight is 239 g/mol. The number of rotatable bonds is 4. The summed E-state index contributed by atoms with van der Waals surface area (Å²) in [5.41, 5.74) is 2.51. The van der Waals surface area contributed by atoms with Gasteiger partial charge in [0, 0.05) is 4.47 Å². The first-order valence-corrected chi connectivity index (χ1v) is 5.47.